The molecule has 0 aromatic heterocycles. The van der Waals surface area contributed by atoms with Crippen molar-refractivity contribution in [2.75, 3.05) is 25.1 Å². The fourth-order valence-corrected chi connectivity index (χ4v) is 2.24. The number of amides is 1. The van der Waals surface area contributed by atoms with Crippen LogP contribution in [0.3, 0.4) is 0 Å². The molecule has 1 aromatic carbocycles. The number of carbonyl (C=O) groups is 2. The highest BCUT2D eigenvalue weighted by atomic mass is 16.7. The Morgan fingerprint density at radius 2 is 2.17 bits per heavy atom. The van der Waals surface area contributed by atoms with Gasteiger partial charge in [-0.15, -0.1) is 0 Å². The molecule has 1 saturated heterocycles. The molecule has 0 aliphatic carbocycles. The molecule has 0 saturated carbocycles. The Kier molecular flexibility index (Phi) is 6.37. The number of ether oxygens (including phenoxy) is 3. The number of hydrogen-bond acceptors (Lipinski definition) is 5. The van der Waals surface area contributed by atoms with Crippen molar-refractivity contribution in [3.05, 3.63) is 23.8 Å². The summed E-state index contributed by atoms with van der Waals surface area (Å²) in [7, 11) is 0. The third-order valence-corrected chi connectivity index (χ3v) is 3.32. The minimum atomic E-state index is -1.06. The first kappa shape index (κ1) is 17.2. The van der Waals surface area contributed by atoms with E-state index in [1.54, 1.807) is 0 Å². The molecule has 1 fully saturated rings. The third-order valence-electron chi connectivity index (χ3n) is 3.32. The highest BCUT2D eigenvalue weighted by molar-refractivity contribution is 5.93. The molecule has 0 bridgehead atoms. The Hall–Kier alpha value is -2.12. The molecule has 2 rings (SSSR count). The third kappa shape index (κ3) is 5.54. The van der Waals surface area contributed by atoms with E-state index >= 15 is 0 Å². The van der Waals surface area contributed by atoms with Gasteiger partial charge in [0.2, 0.25) is 5.91 Å². The van der Waals surface area contributed by atoms with Crippen molar-refractivity contribution in [3.63, 3.8) is 0 Å². The predicted molar refractivity (Wildman–Crippen MR) is 82.7 cm³/mol. The van der Waals surface area contributed by atoms with Crippen molar-refractivity contribution < 1.29 is 28.9 Å². The monoisotopic (exact) mass is 323 g/mol. The number of carboxylic acid groups (broad SMARTS) is 1. The minimum Gasteiger partial charge on any atom is -0.489 e. The number of benzene rings is 1. The molecule has 1 amide bonds. The quantitative estimate of drug-likeness (QED) is 0.748. The van der Waals surface area contributed by atoms with Crippen LogP contribution in [0.4, 0.5) is 5.69 Å². The van der Waals surface area contributed by atoms with E-state index in [1.165, 1.54) is 25.1 Å². The second-order valence-electron chi connectivity index (χ2n) is 5.21. The van der Waals surface area contributed by atoms with Gasteiger partial charge in [0.1, 0.15) is 12.4 Å². The van der Waals surface area contributed by atoms with Crippen LogP contribution in [0.25, 0.3) is 0 Å². The number of carboxylic acids is 1. The van der Waals surface area contributed by atoms with Gasteiger partial charge in [0.05, 0.1) is 17.9 Å². The van der Waals surface area contributed by atoms with E-state index < -0.39 is 5.97 Å². The lowest BCUT2D eigenvalue weighted by atomic mass is 10.2. The van der Waals surface area contributed by atoms with Crippen LogP contribution in [0.15, 0.2) is 18.2 Å². The second kappa shape index (κ2) is 8.50. The summed E-state index contributed by atoms with van der Waals surface area (Å²) < 4.78 is 16.6. The van der Waals surface area contributed by atoms with Gasteiger partial charge in [-0.2, -0.15) is 0 Å². The van der Waals surface area contributed by atoms with E-state index in [4.69, 9.17) is 19.3 Å². The van der Waals surface area contributed by atoms with Crippen molar-refractivity contribution in [1.82, 2.24) is 0 Å². The summed E-state index contributed by atoms with van der Waals surface area (Å²) in [4.78, 5) is 22.2. The molecule has 7 nitrogen and oxygen atoms in total. The highest BCUT2D eigenvalue weighted by Gasteiger charge is 2.14. The first-order valence-corrected chi connectivity index (χ1v) is 7.57. The molecule has 2 N–H and O–H groups in total. The normalized spacial score (nSPS) is 17.5. The lowest BCUT2D eigenvalue weighted by Crippen LogP contribution is -2.24. The first-order valence-electron chi connectivity index (χ1n) is 7.57. The fraction of sp³-hybridized carbons (Fsp3) is 0.500. The molecule has 1 aliphatic rings. The van der Waals surface area contributed by atoms with Crippen molar-refractivity contribution in [3.8, 4) is 5.75 Å². The molecule has 126 valence electrons. The van der Waals surface area contributed by atoms with Crippen LogP contribution in [0.2, 0.25) is 0 Å². The van der Waals surface area contributed by atoms with Crippen LogP contribution in [-0.4, -0.2) is 43.1 Å². The van der Waals surface area contributed by atoms with E-state index in [9.17, 15) is 9.59 Å². The van der Waals surface area contributed by atoms with Gasteiger partial charge in [-0.1, -0.05) is 0 Å². The molecular weight excluding hydrogens is 302 g/mol. The number of nitrogens with one attached hydrogen (secondary N) is 1. The van der Waals surface area contributed by atoms with Crippen molar-refractivity contribution in [2.24, 2.45) is 0 Å². The molecule has 1 heterocycles. The van der Waals surface area contributed by atoms with E-state index in [0.29, 0.717) is 24.7 Å². The Labute approximate surface area is 134 Å². The molecule has 1 aromatic rings. The van der Waals surface area contributed by atoms with E-state index in [1.807, 2.05) is 0 Å². The lowest BCUT2D eigenvalue weighted by Gasteiger charge is -2.22. The summed E-state index contributed by atoms with van der Waals surface area (Å²) in [6, 6.07) is 4.29. The number of anilines is 1. The van der Waals surface area contributed by atoms with E-state index in [2.05, 4.69) is 5.32 Å². The zero-order valence-electron chi connectivity index (χ0n) is 13.0. The standard InChI is InChI=1S/C16H21NO6/c1-11(18)17-13-6-5-12(16(19)20)10-14(13)21-8-9-23-15-4-2-3-7-22-15/h5-6,10,15H,2-4,7-9H2,1H3,(H,17,18)(H,19,20). The van der Waals surface area contributed by atoms with Gasteiger partial charge < -0.3 is 24.6 Å². The second-order valence-corrected chi connectivity index (χ2v) is 5.21. The van der Waals surface area contributed by atoms with Crippen LogP contribution in [0.5, 0.6) is 5.75 Å². The van der Waals surface area contributed by atoms with Crippen molar-refractivity contribution in [1.29, 1.82) is 0 Å². The van der Waals surface area contributed by atoms with Gasteiger partial charge >= 0.3 is 5.97 Å². The fourth-order valence-electron chi connectivity index (χ4n) is 2.24. The average molecular weight is 323 g/mol. The van der Waals surface area contributed by atoms with Crippen molar-refractivity contribution in [2.45, 2.75) is 32.5 Å². The number of carbonyl (C=O) groups excluding carboxylic acids is 1. The van der Waals surface area contributed by atoms with Gasteiger partial charge in [0.25, 0.3) is 0 Å². The van der Waals surface area contributed by atoms with Crippen LogP contribution < -0.4 is 10.1 Å². The number of hydrogen-bond donors (Lipinski definition) is 2. The summed E-state index contributed by atoms with van der Waals surface area (Å²) in [6.45, 7) is 2.63. The van der Waals surface area contributed by atoms with Gasteiger partial charge in [-0.05, 0) is 37.5 Å². The molecule has 1 aliphatic heterocycles. The molecule has 7 heteroatoms. The van der Waals surface area contributed by atoms with Gasteiger partial charge in [-0.3, -0.25) is 4.79 Å². The first-order chi connectivity index (χ1) is 11.1. The van der Waals surface area contributed by atoms with Gasteiger partial charge in [-0.25, -0.2) is 4.79 Å². The van der Waals surface area contributed by atoms with Crippen molar-refractivity contribution >= 4 is 17.6 Å². The minimum absolute atomic E-state index is 0.0886. The van der Waals surface area contributed by atoms with Crippen LogP contribution in [0, 0.1) is 0 Å². The molecule has 1 atom stereocenters. The van der Waals surface area contributed by atoms with E-state index in [-0.39, 0.29) is 24.4 Å². The summed E-state index contributed by atoms with van der Waals surface area (Å²) in [5.74, 6) is -1.02. The molecule has 0 radical (unpaired) electrons. The maximum Gasteiger partial charge on any atom is 0.335 e. The maximum atomic E-state index is 11.2. The summed E-state index contributed by atoms with van der Waals surface area (Å²) in [5, 5.41) is 11.6. The largest absolute Gasteiger partial charge is 0.489 e. The Morgan fingerprint density at radius 1 is 1.35 bits per heavy atom. The predicted octanol–water partition coefficient (Wildman–Crippen LogP) is 2.27. The zero-order chi connectivity index (χ0) is 16.7. The summed E-state index contributed by atoms with van der Waals surface area (Å²) in [5.41, 5.74) is 0.516. The summed E-state index contributed by atoms with van der Waals surface area (Å²) in [6.07, 6.45) is 2.80. The number of rotatable bonds is 7. The van der Waals surface area contributed by atoms with Gasteiger partial charge in [0, 0.05) is 13.5 Å². The van der Waals surface area contributed by atoms with Crippen LogP contribution in [-0.2, 0) is 14.3 Å². The molecule has 0 spiro atoms. The molecule has 23 heavy (non-hydrogen) atoms. The van der Waals surface area contributed by atoms with Crippen LogP contribution in [0.1, 0.15) is 36.5 Å². The topological polar surface area (TPSA) is 94.1 Å². The Bertz CT molecular complexity index is 554. The number of aromatic carboxylic acids is 1. The Balaban J connectivity index is 1.91. The average Bonchev–Trinajstić information content (AvgIpc) is 2.53. The van der Waals surface area contributed by atoms with Crippen LogP contribution >= 0.6 is 0 Å². The van der Waals surface area contributed by atoms with E-state index in [0.717, 1.165) is 19.3 Å². The highest BCUT2D eigenvalue weighted by Crippen LogP contribution is 2.26. The lowest BCUT2D eigenvalue weighted by molar-refractivity contribution is -0.165. The summed E-state index contributed by atoms with van der Waals surface area (Å²) >= 11 is 0. The smallest absolute Gasteiger partial charge is 0.335 e. The molecular formula is C16H21NO6. The zero-order valence-corrected chi connectivity index (χ0v) is 13.0. The Morgan fingerprint density at radius 3 is 2.83 bits per heavy atom. The SMILES string of the molecule is CC(=O)Nc1ccc(C(=O)O)cc1OCCOC1CCCCO1. The molecule has 1 unspecified atom stereocenters. The van der Waals surface area contributed by atoms with Gasteiger partial charge in [0.15, 0.2) is 6.29 Å². The maximum absolute atomic E-state index is 11.2.